The number of nitrogens with one attached hydrogen (secondary N) is 1. The number of aromatic nitrogens is 2. The molecule has 0 radical (unpaired) electrons. The van der Waals surface area contributed by atoms with E-state index < -0.39 is 0 Å². The van der Waals surface area contributed by atoms with E-state index in [2.05, 4.69) is 17.3 Å². The van der Waals surface area contributed by atoms with Crippen LogP contribution in [0, 0.1) is 5.92 Å². The molecule has 0 bridgehead atoms. The van der Waals surface area contributed by atoms with Crippen LogP contribution in [-0.4, -0.2) is 45.6 Å². The summed E-state index contributed by atoms with van der Waals surface area (Å²) in [5.74, 6) is 0.385. The average Bonchev–Trinajstić information content (AvgIpc) is 3.09. The van der Waals surface area contributed by atoms with Gasteiger partial charge in [0, 0.05) is 44.2 Å². The zero-order valence-electron chi connectivity index (χ0n) is 12.4. The Morgan fingerprint density at radius 2 is 2.29 bits per heavy atom. The first-order valence-corrected chi connectivity index (χ1v) is 7.78. The van der Waals surface area contributed by atoms with Crippen LogP contribution in [0.5, 0.6) is 0 Å². The van der Waals surface area contributed by atoms with E-state index in [4.69, 9.17) is 0 Å². The average molecular weight is 290 g/mol. The SMILES string of the molecule is CCCn1nccc1C(=O)NCC1CC(=O)N(C2CC2)C1. The van der Waals surface area contributed by atoms with Crippen LogP contribution >= 0.6 is 0 Å². The van der Waals surface area contributed by atoms with Gasteiger partial charge >= 0.3 is 0 Å². The van der Waals surface area contributed by atoms with Gasteiger partial charge in [-0.15, -0.1) is 0 Å². The third kappa shape index (κ3) is 3.09. The predicted octanol–water partition coefficient (Wildman–Crippen LogP) is 1.03. The highest BCUT2D eigenvalue weighted by Crippen LogP contribution is 2.32. The zero-order chi connectivity index (χ0) is 14.8. The third-order valence-electron chi connectivity index (χ3n) is 4.16. The van der Waals surface area contributed by atoms with Crippen molar-refractivity contribution in [1.29, 1.82) is 0 Å². The van der Waals surface area contributed by atoms with Crippen LogP contribution in [0.4, 0.5) is 0 Å². The first-order valence-electron chi connectivity index (χ1n) is 7.78. The van der Waals surface area contributed by atoms with Crippen LogP contribution in [0.1, 0.15) is 43.1 Å². The second-order valence-electron chi connectivity index (χ2n) is 6.00. The Morgan fingerprint density at radius 1 is 1.48 bits per heavy atom. The number of aryl methyl sites for hydroxylation is 1. The van der Waals surface area contributed by atoms with Crippen molar-refractivity contribution >= 4 is 11.8 Å². The summed E-state index contributed by atoms with van der Waals surface area (Å²) in [5, 5.41) is 7.10. The van der Waals surface area contributed by atoms with E-state index in [0.717, 1.165) is 32.4 Å². The minimum Gasteiger partial charge on any atom is -0.350 e. The molecule has 1 aromatic heterocycles. The molecular formula is C15H22N4O2. The highest BCUT2D eigenvalue weighted by atomic mass is 16.2. The second kappa shape index (κ2) is 5.87. The molecule has 0 aromatic carbocycles. The number of likely N-dealkylation sites (tertiary alicyclic amines) is 1. The second-order valence-corrected chi connectivity index (χ2v) is 6.00. The molecule has 6 heteroatoms. The first kappa shape index (κ1) is 14.1. The van der Waals surface area contributed by atoms with Crippen molar-refractivity contribution in [1.82, 2.24) is 20.0 Å². The molecule has 1 aliphatic carbocycles. The fourth-order valence-electron chi connectivity index (χ4n) is 2.93. The smallest absolute Gasteiger partial charge is 0.269 e. The lowest BCUT2D eigenvalue weighted by Gasteiger charge is -2.15. The summed E-state index contributed by atoms with van der Waals surface area (Å²) in [6, 6.07) is 2.21. The summed E-state index contributed by atoms with van der Waals surface area (Å²) < 4.78 is 1.73. The standard InChI is InChI=1S/C15H22N4O2/c1-2-7-19-13(5-6-17-19)15(21)16-9-11-8-14(20)18(10-11)12-3-4-12/h5-6,11-12H,2-4,7-10H2,1H3,(H,16,21). The summed E-state index contributed by atoms with van der Waals surface area (Å²) in [7, 11) is 0. The van der Waals surface area contributed by atoms with Gasteiger partial charge in [0.05, 0.1) is 0 Å². The van der Waals surface area contributed by atoms with Crippen LogP contribution in [0.3, 0.4) is 0 Å². The van der Waals surface area contributed by atoms with E-state index in [1.54, 1.807) is 16.9 Å². The van der Waals surface area contributed by atoms with E-state index in [9.17, 15) is 9.59 Å². The monoisotopic (exact) mass is 290 g/mol. The van der Waals surface area contributed by atoms with Gasteiger partial charge in [-0.2, -0.15) is 5.10 Å². The van der Waals surface area contributed by atoms with Crippen LogP contribution in [-0.2, 0) is 11.3 Å². The van der Waals surface area contributed by atoms with E-state index in [1.165, 1.54) is 0 Å². The summed E-state index contributed by atoms with van der Waals surface area (Å²) in [6.45, 7) is 4.15. The Bertz CT molecular complexity index is 536. The molecule has 1 N–H and O–H groups in total. The molecule has 1 saturated heterocycles. The van der Waals surface area contributed by atoms with Gasteiger partial charge in [-0.25, -0.2) is 0 Å². The molecule has 2 fully saturated rings. The number of amides is 2. The molecule has 1 aliphatic heterocycles. The van der Waals surface area contributed by atoms with Crippen LogP contribution in [0.15, 0.2) is 12.3 Å². The molecule has 2 aliphatic rings. The zero-order valence-corrected chi connectivity index (χ0v) is 12.4. The van der Waals surface area contributed by atoms with E-state index in [1.807, 2.05) is 4.90 Å². The van der Waals surface area contributed by atoms with Gasteiger partial charge in [0.1, 0.15) is 5.69 Å². The summed E-state index contributed by atoms with van der Waals surface area (Å²) in [5.41, 5.74) is 0.597. The molecule has 1 atom stereocenters. The fraction of sp³-hybridized carbons (Fsp3) is 0.667. The highest BCUT2D eigenvalue weighted by molar-refractivity contribution is 5.92. The van der Waals surface area contributed by atoms with E-state index in [-0.39, 0.29) is 17.7 Å². The van der Waals surface area contributed by atoms with Crippen LogP contribution in [0.25, 0.3) is 0 Å². The summed E-state index contributed by atoms with van der Waals surface area (Å²) in [6.07, 6.45) is 5.43. The molecule has 1 aromatic rings. The van der Waals surface area contributed by atoms with Crippen molar-refractivity contribution in [3.63, 3.8) is 0 Å². The maximum absolute atomic E-state index is 12.2. The molecule has 1 saturated carbocycles. The van der Waals surface area contributed by atoms with Crippen molar-refractivity contribution in [2.45, 2.75) is 45.2 Å². The first-order chi connectivity index (χ1) is 10.2. The molecule has 0 spiro atoms. The van der Waals surface area contributed by atoms with Crippen molar-refractivity contribution in [3.8, 4) is 0 Å². The predicted molar refractivity (Wildman–Crippen MR) is 77.7 cm³/mol. The Hall–Kier alpha value is -1.85. The van der Waals surface area contributed by atoms with Gasteiger partial charge in [0.25, 0.3) is 5.91 Å². The lowest BCUT2D eigenvalue weighted by Crippen LogP contribution is -2.33. The van der Waals surface area contributed by atoms with Crippen molar-refractivity contribution in [3.05, 3.63) is 18.0 Å². The number of carbonyl (C=O) groups excluding carboxylic acids is 2. The largest absolute Gasteiger partial charge is 0.350 e. The van der Waals surface area contributed by atoms with E-state index in [0.29, 0.717) is 24.7 Å². The summed E-state index contributed by atoms with van der Waals surface area (Å²) in [4.78, 5) is 26.1. The molecule has 2 heterocycles. The maximum atomic E-state index is 12.2. The Labute approximate surface area is 124 Å². The van der Waals surface area contributed by atoms with Gasteiger partial charge in [0.15, 0.2) is 0 Å². The fourth-order valence-corrected chi connectivity index (χ4v) is 2.93. The van der Waals surface area contributed by atoms with Crippen LogP contribution < -0.4 is 5.32 Å². The van der Waals surface area contributed by atoms with E-state index >= 15 is 0 Å². The molecule has 1 unspecified atom stereocenters. The minimum absolute atomic E-state index is 0.0988. The normalized spacial score (nSPS) is 21.9. The lowest BCUT2D eigenvalue weighted by molar-refractivity contribution is -0.128. The number of hydrogen-bond donors (Lipinski definition) is 1. The Balaban J connectivity index is 1.52. The molecule has 21 heavy (non-hydrogen) atoms. The molecule has 2 amide bonds. The molecule has 6 nitrogen and oxygen atoms in total. The molecule has 114 valence electrons. The number of nitrogens with zero attached hydrogens (tertiary/aromatic N) is 3. The minimum atomic E-state index is -0.0988. The third-order valence-corrected chi connectivity index (χ3v) is 4.16. The van der Waals surface area contributed by atoms with Crippen molar-refractivity contribution in [2.75, 3.05) is 13.1 Å². The topological polar surface area (TPSA) is 67.2 Å². The number of hydrogen-bond acceptors (Lipinski definition) is 3. The van der Waals surface area contributed by atoms with Gasteiger partial charge < -0.3 is 10.2 Å². The van der Waals surface area contributed by atoms with Crippen molar-refractivity contribution < 1.29 is 9.59 Å². The molecule has 3 rings (SSSR count). The number of carbonyl (C=O) groups is 2. The summed E-state index contributed by atoms with van der Waals surface area (Å²) >= 11 is 0. The quantitative estimate of drug-likeness (QED) is 0.851. The van der Waals surface area contributed by atoms with Gasteiger partial charge in [-0.05, 0) is 25.3 Å². The maximum Gasteiger partial charge on any atom is 0.269 e. The number of rotatable bonds is 6. The highest BCUT2D eigenvalue weighted by Gasteiger charge is 2.39. The lowest BCUT2D eigenvalue weighted by atomic mass is 10.1. The molecular weight excluding hydrogens is 268 g/mol. The Morgan fingerprint density at radius 3 is 3.00 bits per heavy atom. The van der Waals surface area contributed by atoms with Gasteiger partial charge in [0.2, 0.25) is 5.91 Å². The van der Waals surface area contributed by atoms with Gasteiger partial charge in [-0.3, -0.25) is 14.3 Å². The van der Waals surface area contributed by atoms with Crippen molar-refractivity contribution in [2.24, 2.45) is 5.92 Å². The Kier molecular flexibility index (Phi) is 3.94. The van der Waals surface area contributed by atoms with Crippen LogP contribution in [0.2, 0.25) is 0 Å². The van der Waals surface area contributed by atoms with Gasteiger partial charge in [-0.1, -0.05) is 6.92 Å².